The van der Waals surface area contributed by atoms with E-state index < -0.39 is 12.1 Å². The average Bonchev–Trinajstić information content (AvgIpc) is 2.36. The molecule has 0 aliphatic heterocycles. The van der Waals surface area contributed by atoms with E-state index in [1.165, 1.54) is 14.2 Å². The summed E-state index contributed by atoms with van der Waals surface area (Å²) in [6.07, 6.45) is -0.801. The van der Waals surface area contributed by atoms with Gasteiger partial charge in [-0.05, 0) is 17.7 Å². The summed E-state index contributed by atoms with van der Waals surface area (Å²) in [6, 6.07) is 6.64. The van der Waals surface area contributed by atoms with Crippen molar-refractivity contribution in [2.45, 2.75) is 6.10 Å². The number of ether oxygens (including phenoxy) is 2. The minimum Gasteiger partial charge on any atom is -0.464 e. The second kappa shape index (κ2) is 6.22. The van der Waals surface area contributed by atoms with Crippen LogP contribution in [0, 0.1) is 0 Å². The highest BCUT2D eigenvalue weighted by atomic mass is 35.5. The van der Waals surface area contributed by atoms with E-state index in [-0.39, 0.29) is 5.71 Å². The summed E-state index contributed by atoms with van der Waals surface area (Å²) in [4.78, 5) is 11.4. The van der Waals surface area contributed by atoms with Crippen molar-refractivity contribution in [1.82, 2.24) is 0 Å². The molecular weight excluding hydrogens is 246 g/mol. The molecule has 0 fully saturated rings. The maximum atomic E-state index is 11.4. The summed E-state index contributed by atoms with van der Waals surface area (Å²) in [5.74, 6) is -0.755. The fourth-order valence-corrected chi connectivity index (χ4v) is 1.47. The molecule has 0 aliphatic carbocycles. The molecule has 1 unspecified atom stereocenters. The van der Waals surface area contributed by atoms with Crippen LogP contribution in [-0.4, -0.2) is 31.1 Å². The van der Waals surface area contributed by atoms with Crippen LogP contribution < -0.4 is 0 Å². The zero-order chi connectivity index (χ0) is 12.8. The molecule has 0 saturated heterocycles. The Morgan fingerprint density at radius 1 is 1.35 bits per heavy atom. The van der Waals surface area contributed by atoms with Crippen molar-refractivity contribution in [3.05, 3.63) is 34.9 Å². The largest absolute Gasteiger partial charge is 0.464 e. The molecular formula is C11H12ClNO4. The monoisotopic (exact) mass is 257 g/mol. The van der Waals surface area contributed by atoms with Gasteiger partial charge in [0.05, 0.1) is 7.11 Å². The lowest BCUT2D eigenvalue weighted by atomic mass is 10.1. The predicted octanol–water partition coefficient (Wildman–Crippen LogP) is 2.03. The van der Waals surface area contributed by atoms with Crippen molar-refractivity contribution in [3.63, 3.8) is 0 Å². The van der Waals surface area contributed by atoms with E-state index in [1.807, 2.05) is 0 Å². The van der Waals surface area contributed by atoms with Gasteiger partial charge in [-0.3, -0.25) is 0 Å². The molecule has 1 rings (SSSR count). The maximum absolute atomic E-state index is 11.4. The Morgan fingerprint density at radius 3 is 2.35 bits per heavy atom. The standard InChI is InChI=1S/C11H12ClNO4/c1-16-10(9(13-15)11(14)17-2)7-3-5-8(12)6-4-7/h3-6,10,15H,1-2H3/b13-9+. The topological polar surface area (TPSA) is 68.1 Å². The van der Waals surface area contributed by atoms with E-state index in [0.29, 0.717) is 10.6 Å². The van der Waals surface area contributed by atoms with Crippen molar-refractivity contribution < 1.29 is 19.5 Å². The lowest BCUT2D eigenvalue weighted by Crippen LogP contribution is -2.25. The van der Waals surface area contributed by atoms with Gasteiger partial charge >= 0.3 is 5.97 Å². The van der Waals surface area contributed by atoms with Gasteiger partial charge in [0.15, 0.2) is 5.71 Å². The number of esters is 1. The van der Waals surface area contributed by atoms with E-state index in [4.69, 9.17) is 21.5 Å². The summed E-state index contributed by atoms with van der Waals surface area (Å²) >= 11 is 5.75. The third kappa shape index (κ3) is 3.18. The van der Waals surface area contributed by atoms with Crippen LogP contribution in [0.1, 0.15) is 11.7 Å². The van der Waals surface area contributed by atoms with E-state index in [1.54, 1.807) is 24.3 Å². The number of carbonyl (C=O) groups is 1. The summed E-state index contributed by atoms with van der Waals surface area (Å²) in [5.41, 5.74) is 0.410. The third-order valence-corrected chi connectivity index (χ3v) is 2.41. The number of carbonyl (C=O) groups excluding carboxylic acids is 1. The molecule has 92 valence electrons. The molecule has 5 nitrogen and oxygen atoms in total. The summed E-state index contributed by atoms with van der Waals surface area (Å²) in [7, 11) is 2.59. The molecule has 1 aromatic carbocycles. The molecule has 0 aromatic heterocycles. The van der Waals surface area contributed by atoms with Crippen LogP contribution in [0.4, 0.5) is 0 Å². The van der Waals surface area contributed by atoms with E-state index in [0.717, 1.165) is 0 Å². The number of nitrogens with zero attached hydrogens (tertiary/aromatic N) is 1. The first-order valence-corrected chi connectivity index (χ1v) is 5.10. The first-order valence-electron chi connectivity index (χ1n) is 4.72. The van der Waals surface area contributed by atoms with Crippen LogP contribution in [-0.2, 0) is 14.3 Å². The lowest BCUT2D eigenvalue weighted by molar-refractivity contribution is -0.133. The van der Waals surface area contributed by atoms with Crippen LogP contribution in [0.5, 0.6) is 0 Å². The van der Waals surface area contributed by atoms with Crippen LogP contribution in [0.25, 0.3) is 0 Å². The van der Waals surface area contributed by atoms with Gasteiger partial charge in [-0.25, -0.2) is 4.79 Å². The highest BCUT2D eigenvalue weighted by molar-refractivity contribution is 6.38. The van der Waals surface area contributed by atoms with Gasteiger partial charge < -0.3 is 14.7 Å². The molecule has 0 spiro atoms. The van der Waals surface area contributed by atoms with Gasteiger partial charge in [-0.2, -0.15) is 0 Å². The van der Waals surface area contributed by atoms with Crippen molar-refractivity contribution in [2.24, 2.45) is 5.16 Å². The molecule has 0 aliphatic rings. The van der Waals surface area contributed by atoms with Gasteiger partial charge in [-0.15, -0.1) is 0 Å². The second-order valence-corrected chi connectivity index (χ2v) is 3.58. The highest BCUT2D eigenvalue weighted by Crippen LogP contribution is 2.21. The van der Waals surface area contributed by atoms with Gasteiger partial charge in [-0.1, -0.05) is 28.9 Å². The van der Waals surface area contributed by atoms with Crippen LogP contribution in [0.3, 0.4) is 0 Å². The van der Waals surface area contributed by atoms with Gasteiger partial charge in [0, 0.05) is 12.1 Å². The Hall–Kier alpha value is -1.59. The van der Waals surface area contributed by atoms with Crippen LogP contribution in [0.15, 0.2) is 29.4 Å². The summed E-state index contributed by atoms with van der Waals surface area (Å²) in [5, 5.41) is 12.3. The zero-order valence-electron chi connectivity index (χ0n) is 9.38. The average molecular weight is 258 g/mol. The number of benzene rings is 1. The highest BCUT2D eigenvalue weighted by Gasteiger charge is 2.26. The summed E-state index contributed by atoms with van der Waals surface area (Å²) in [6.45, 7) is 0. The number of oxime groups is 1. The number of hydrogen-bond donors (Lipinski definition) is 1. The first-order chi connectivity index (χ1) is 8.13. The number of halogens is 1. The van der Waals surface area contributed by atoms with Gasteiger partial charge in [0.25, 0.3) is 0 Å². The zero-order valence-corrected chi connectivity index (χ0v) is 10.1. The minimum atomic E-state index is -0.801. The molecule has 0 heterocycles. The SMILES string of the molecule is COC(=O)/C(=N/O)C(OC)c1ccc(Cl)cc1. The second-order valence-electron chi connectivity index (χ2n) is 3.14. The van der Waals surface area contributed by atoms with Crippen molar-refractivity contribution in [2.75, 3.05) is 14.2 Å². The molecule has 1 aromatic rings. The van der Waals surface area contributed by atoms with Crippen LogP contribution in [0.2, 0.25) is 5.02 Å². The third-order valence-electron chi connectivity index (χ3n) is 2.16. The Morgan fingerprint density at radius 2 is 1.94 bits per heavy atom. The number of methoxy groups -OCH3 is 2. The molecule has 0 radical (unpaired) electrons. The summed E-state index contributed by atoms with van der Waals surface area (Å²) < 4.78 is 9.61. The number of rotatable bonds is 4. The minimum absolute atomic E-state index is 0.225. The lowest BCUT2D eigenvalue weighted by Gasteiger charge is -2.15. The molecule has 1 N–H and O–H groups in total. The van der Waals surface area contributed by atoms with Gasteiger partial charge in [0.1, 0.15) is 6.10 Å². The van der Waals surface area contributed by atoms with Crippen molar-refractivity contribution in [3.8, 4) is 0 Å². The Balaban J connectivity index is 3.06. The molecule has 0 amide bonds. The molecule has 17 heavy (non-hydrogen) atoms. The van der Waals surface area contributed by atoms with Crippen molar-refractivity contribution >= 4 is 23.3 Å². The smallest absolute Gasteiger partial charge is 0.358 e. The molecule has 6 heteroatoms. The maximum Gasteiger partial charge on any atom is 0.358 e. The normalized spacial score (nSPS) is 13.2. The van der Waals surface area contributed by atoms with E-state index in [2.05, 4.69) is 9.89 Å². The molecule has 0 bridgehead atoms. The Labute approximate surface area is 104 Å². The van der Waals surface area contributed by atoms with Crippen LogP contribution >= 0.6 is 11.6 Å². The predicted molar refractivity (Wildman–Crippen MR) is 62.4 cm³/mol. The Bertz CT molecular complexity index is 416. The first kappa shape index (κ1) is 13.5. The Kier molecular flexibility index (Phi) is 4.93. The van der Waals surface area contributed by atoms with E-state index in [9.17, 15) is 4.79 Å². The van der Waals surface area contributed by atoms with Crippen molar-refractivity contribution in [1.29, 1.82) is 0 Å². The van der Waals surface area contributed by atoms with E-state index >= 15 is 0 Å². The fourth-order valence-electron chi connectivity index (χ4n) is 1.35. The fraction of sp³-hybridized carbons (Fsp3) is 0.273. The molecule has 0 saturated carbocycles. The quantitative estimate of drug-likeness (QED) is 0.388. The molecule has 1 atom stereocenters. The number of hydrogen-bond acceptors (Lipinski definition) is 5. The van der Waals surface area contributed by atoms with Gasteiger partial charge in [0.2, 0.25) is 0 Å².